The fourth-order valence-electron chi connectivity index (χ4n) is 3.77. The minimum atomic E-state index is -0.778. The van der Waals surface area contributed by atoms with E-state index in [9.17, 15) is 9.59 Å². The number of benzene rings is 2. The molecule has 1 fully saturated rings. The standard InChI is InChI=1S/C20H20N4O3/c1-20-11-14(13-9-5-6-10-15(13)27-20)16(19(26)22-20)17(21)23-24-18(25)12-7-3-2-4-8-12/h2-10,14,16H,11H2,1H3,(H2,21,23)(H,22,26)(H,24,25)/t14-,16-,20-/m1/s1. The highest BCUT2D eigenvalue weighted by atomic mass is 16.5. The van der Waals surface area contributed by atoms with Crippen molar-refractivity contribution in [1.29, 1.82) is 0 Å². The van der Waals surface area contributed by atoms with Crippen LogP contribution in [-0.4, -0.2) is 23.4 Å². The van der Waals surface area contributed by atoms with Crippen molar-refractivity contribution >= 4 is 17.6 Å². The Bertz CT molecular complexity index is 928. The first kappa shape index (κ1) is 17.1. The number of ether oxygens (including phenoxy) is 1. The normalized spacial score (nSPS) is 26.4. The average molecular weight is 364 g/mol. The number of piperidine rings is 1. The van der Waals surface area contributed by atoms with E-state index in [-0.39, 0.29) is 23.6 Å². The number of fused-ring (bicyclic) bond motifs is 4. The van der Waals surface area contributed by atoms with E-state index in [1.807, 2.05) is 37.3 Å². The molecule has 2 aliphatic rings. The van der Waals surface area contributed by atoms with Crippen LogP contribution in [0.3, 0.4) is 0 Å². The number of carbonyl (C=O) groups excluding carboxylic acids is 2. The van der Waals surface area contributed by atoms with Crippen molar-refractivity contribution in [2.75, 3.05) is 0 Å². The van der Waals surface area contributed by atoms with E-state index in [1.165, 1.54) is 0 Å². The Morgan fingerprint density at radius 1 is 1.22 bits per heavy atom. The lowest BCUT2D eigenvalue weighted by molar-refractivity contribution is -0.136. The van der Waals surface area contributed by atoms with Gasteiger partial charge in [0.25, 0.3) is 5.91 Å². The number of para-hydroxylation sites is 1. The van der Waals surface area contributed by atoms with Crippen molar-refractivity contribution in [2.24, 2.45) is 16.8 Å². The molecule has 0 aromatic heterocycles. The zero-order valence-corrected chi connectivity index (χ0v) is 14.8. The Hall–Kier alpha value is -3.35. The van der Waals surface area contributed by atoms with Crippen LogP contribution in [0.1, 0.15) is 35.2 Å². The molecule has 0 unspecified atom stereocenters. The molecular weight excluding hydrogens is 344 g/mol. The molecule has 3 atom stereocenters. The number of amides is 2. The van der Waals surface area contributed by atoms with Gasteiger partial charge in [0, 0.05) is 17.9 Å². The molecule has 7 nitrogen and oxygen atoms in total. The predicted molar refractivity (Wildman–Crippen MR) is 100.0 cm³/mol. The molecule has 2 bridgehead atoms. The molecule has 0 radical (unpaired) electrons. The summed E-state index contributed by atoms with van der Waals surface area (Å²) < 4.78 is 5.96. The van der Waals surface area contributed by atoms with E-state index in [1.54, 1.807) is 24.3 Å². The fraction of sp³-hybridized carbons (Fsp3) is 0.250. The maximum absolute atomic E-state index is 12.7. The molecule has 27 heavy (non-hydrogen) atoms. The minimum absolute atomic E-state index is 0.0699. The number of rotatable bonds is 3. The van der Waals surface area contributed by atoms with Gasteiger partial charge in [0.05, 0.1) is 0 Å². The second-order valence-electron chi connectivity index (χ2n) is 6.99. The van der Waals surface area contributed by atoms with Crippen LogP contribution in [0.25, 0.3) is 0 Å². The quantitative estimate of drug-likeness (QED) is 0.438. The molecule has 4 N–H and O–H groups in total. The third kappa shape index (κ3) is 3.12. The first-order valence-corrected chi connectivity index (χ1v) is 8.75. The maximum Gasteiger partial charge on any atom is 0.271 e. The SMILES string of the molecule is C[C@]12C[C@H](c3ccccc3O1)[C@H](/C(N)=N/NC(=O)c1ccccc1)C(=O)N2. The zero-order valence-electron chi connectivity index (χ0n) is 14.8. The second kappa shape index (κ2) is 6.42. The van der Waals surface area contributed by atoms with E-state index in [4.69, 9.17) is 10.5 Å². The van der Waals surface area contributed by atoms with Gasteiger partial charge in [-0.25, -0.2) is 5.43 Å². The van der Waals surface area contributed by atoms with E-state index in [0.717, 1.165) is 11.3 Å². The van der Waals surface area contributed by atoms with E-state index in [0.29, 0.717) is 12.0 Å². The number of hydrazone groups is 1. The summed E-state index contributed by atoms with van der Waals surface area (Å²) in [4.78, 5) is 24.9. The molecule has 2 aliphatic heterocycles. The molecule has 2 aromatic rings. The van der Waals surface area contributed by atoms with Crippen molar-refractivity contribution in [3.63, 3.8) is 0 Å². The molecule has 0 saturated carbocycles. The lowest BCUT2D eigenvalue weighted by atomic mass is 9.74. The van der Waals surface area contributed by atoms with E-state index < -0.39 is 11.6 Å². The number of amidine groups is 1. The molecule has 4 rings (SSSR count). The Balaban J connectivity index is 1.61. The van der Waals surface area contributed by atoms with E-state index in [2.05, 4.69) is 15.8 Å². The Morgan fingerprint density at radius 3 is 2.70 bits per heavy atom. The second-order valence-corrected chi connectivity index (χ2v) is 6.99. The summed E-state index contributed by atoms with van der Waals surface area (Å²) in [5.41, 5.74) is 9.18. The summed E-state index contributed by atoms with van der Waals surface area (Å²) in [7, 11) is 0. The number of hydrogen-bond acceptors (Lipinski definition) is 4. The molecule has 1 saturated heterocycles. The largest absolute Gasteiger partial charge is 0.468 e. The molecule has 2 aromatic carbocycles. The lowest BCUT2D eigenvalue weighted by Gasteiger charge is -2.46. The third-order valence-electron chi connectivity index (χ3n) is 4.98. The summed E-state index contributed by atoms with van der Waals surface area (Å²) >= 11 is 0. The summed E-state index contributed by atoms with van der Waals surface area (Å²) in [6.45, 7) is 1.84. The molecule has 7 heteroatoms. The smallest absolute Gasteiger partial charge is 0.271 e. The van der Waals surface area contributed by atoms with Crippen LogP contribution >= 0.6 is 0 Å². The molecular formula is C20H20N4O3. The highest BCUT2D eigenvalue weighted by Gasteiger charge is 2.50. The maximum atomic E-state index is 12.7. The molecule has 138 valence electrons. The van der Waals surface area contributed by atoms with Crippen LogP contribution in [-0.2, 0) is 4.79 Å². The topological polar surface area (TPSA) is 106 Å². The number of nitrogens with zero attached hydrogens (tertiary/aromatic N) is 1. The van der Waals surface area contributed by atoms with Gasteiger partial charge in [0.2, 0.25) is 5.91 Å². The first-order valence-electron chi connectivity index (χ1n) is 8.75. The zero-order chi connectivity index (χ0) is 19.0. The Morgan fingerprint density at radius 2 is 1.93 bits per heavy atom. The fourth-order valence-corrected chi connectivity index (χ4v) is 3.77. The van der Waals surface area contributed by atoms with Crippen LogP contribution in [0.5, 0.6) is 5.75 Å². The number of nitrogens with two attached hydrogens (primary N) is 1. The number of hydrogen-bond donors (Lipinski definition) is 3. The lowest BCUT2D eigenvalue weighted by Crippen LogP contribution is -2.62. The van der Waals surface area contributed by atoms with Gasteiger partial charge in [0.15, 0.2) is 5.72 Å². The van der Waals surface area contributed by atoms with E-state index >= 15 is 0 Å². The predicted octanol–water partition coefficient (Wildman–Crippen LogP) is 1.72. The highest BCUT2D eigenvalue weighted by molar-refractivity contribution is 6.05. The molecule has 2 heterocycles. The van der Waals surface area contributed by atoms with Gasteiger partial charge >= 0.3 is 0 Å². The van der Waals surface area contributed by atoms with Gasteiger partial charge in [-0.2, -0.15) is 5.10 Å². The van der Waals surface area contributed by atoms with Gasteiger partial charge in [-0.1, -0.05) is 36.4 Å². The van der Waals surface area contributed by atoms with Gasteiger partial charge in [-0.3, -0.25) is 9.59 Å². The summed E-state index contributed by atoms with van der Waals surface area (Å²) in [6, 6.07) is 16.3. The Kier molecular flexibility index (Phi) is 4.07. The third-order valence-corrected chi connectivity index (χ3v) is 4.98. The highest BCUT2D eigenvalue weighted by Crippen LogP contribution is 2.46. The van der Waals surface area contributed by atoms with Crippen LogP contribution in [0, 0.1) is 5.92 Å². The first-order chi connectivity index (χ1) is 13.0. The molecule has 2 amide bonds. The van der Waals surface area contributed by atoms with Crippen molar-refractivity contribution in [2.45, 2.75) is 25.0 Å². The van der Waals surface area contributed by atoms with Gasteiger partial charge in [-0.05, 0) is 30.7 Å². The van der Waals surface area contributed by atoms with Crippen LogP contribution in [0.15, 0.2) is 59.7 Å². The van der Waals surface area contributed by atoms with Crippen LogP contribution in [0.4, 0.5) is 0 Å². The van der Waals surface area contributed by atoms with Crippen LogP contribution < -0.4 is 21.2 Å². The molecule has 0 aliphatic carbocycles. The van der Waals surface area contributed by atoms with Gasteiger partial charge in [-0.15, -0.1) is 0 Å². The summed E-state index contributed by atoms with van der Waals surface area (Å²) in [6.07, 6.45) is 0.573. The Labute approximate surface area is 156 Å². The summed E-state index contributed by atoms with van der Waals surface area (Å²) in [5, 5.41) is 6.89. The average Bonchev–Trinajstić information content (AvgIpc) is 2.66. The van der Waals surface area contributed by atoms with Crippen molar-refractivity contribution in [3.8, 4) is 5.75 Å². The monoisotopic (exact) mass is 364 g/mol. The van der Waals surface area contributed by atoms with Crippen molar-refractivity contribution < 1.29 is 14.3 Å². The van der Waals surface area contributed by atoms with Crippen LogP contribution in [0.2, 0.25) is 0 Å². The van der Waals surface area contributed by atoms with Crippen molar-refractivity contribution in [1.82, 2.24) is 10.7 Å². The number of nitrogens with one attached hydrogen (secondary N) is 2. The number of carbonyl (C=O) groups is 2. The van der Waals surface area contributed by atoms with Crippen molar-refractivity contribution in [3.05, 3.63) is 65.7 Å². The molecule has 0 spiro atoms. The minimum Gasteiger partial charge on any atom is -0.468 e. The van der Waals surface area contributed by atoms with Gasteiger partial charge < -0.3 is 15.8 Å². The van der Waals surface area contributed by atoms with Gasteiger partial charge in [0.1, 0.15) is 17.5 Å². The summed E-state index contributed by atoms with van der Waals surface area (Å²) in [5.74, 6) is -0.710.